The lowest BCUT2D eigenvalue weighted by atomic mass is 10.2. The van der Waals surface area contributed by atoms with Gasteiger partial charge in [0.1, 0.15) is 5.75 Å². The van der Waals surface area contributed by atoms with E-state index in [9.17, 15) is 9.59 Å². The third-order valence-corrected chi connectivity index (χ3v) is 4.29. The Balaban J connectivity index is 1.68. The monoisotopic (exact) mass is 448 g/mol. The van der Waals surface area contributed by atoms with Gasteiger partial charge in [-0.05, 0) is 42.0 Å². The zero-order chi connectivity index (χ0) is 20.5. The number of amides is 1. The number of halogens is 1. The number of rotatable bonds is 6. The third-order valence-electron chi connectivity index (χ3n) is 3.80. The summed E-state index contributed by atoms with van der Waals surface area (Å²) >= 11 is 3.38. The van der Waals surface area contributed by atoms with Crippen LogP contribution in [0.1, 0.15) is 21.5 Å². The molecule has 1 amide bonds. The molecule has 0 aromatic heterocycles. The van der Waals surface area contributed by atoms with Crippen molar-refractivity contribution in [3.05, 3.63) is 106 Å². The third kappa shape index (κ3) is 6.26. The topological polar surface area (TPSA) is 67.8 Å². The number of hydrazone groups is 1. The smallest absolute Gasteiger partial charge is 0.336 e. The first-order chi connectivity index (χ1) is 14.1. The van der Waals surface area contributed by atoms with Crippen molar-refractivity contribution in [2.24, 2.45) is 5.10 Å². The quantitative estimate of drug-likeness (QED) is 0.193. The zero-order valence-electron chi connectivity index (χ0n) is 15.3. The molecule has 29 heavy (non-hydrogen) atoms. The van der Waals surface area contributed by atoms with Crippen molar-refractivity contribution >= 4 is 40.1 Å². The summed E-state index contributed by atoms with van der Waals surface area (Å²) in [6, 6.07) is 23.3. The molecule has 0 bridgehead atoms. The zero-order valence-corrected chi connectivity index (χ0v) is 16.9. The summed E-state index contributed by atoms with van der Waals surface area (Å²) in [4.78, 5) is 24.2. The van der Waals surface area contributed by atoms with Crippen LogP contribution in [0, 0.1) is 0 Å². The maximum atomic E-state index is 12.2. The van der Waals surface area contributed by atoms with Gasteiger partial charge >= 0.3 is 5.97 Å². The first-order valence-electron chi connectivity index (χ1n) is 8.75. The predicted molar refractivity (Wildman–Crippen MR) is 117 cm³/mol. The Morgan fingerprint density at radius 3 is 2.34 bits per heavy atom. The van der Waals surface area contributed by atoms with Gasteiger partial charge in [-0.3, -0.25) is 4.79 Å². The molecule has 0 saturated carbocycles. The highest BCUT2D eigenvalue weighted by Crippen LogP contribution is 2.22. The van der Waals surface area contributed by atoms with Crippen molar-refractivity contribution in [3.8, 4) is 5.75 Å². The van der Waals surface area contributed by atoms with E-state index in [1.807, 2.05) is 36.4 Å². The van der Waals surface area contributed by atoms with Crippen LogP contribution in [0.25, 0.3) is 6.08 Å². The van der Waals surface area contributed by atoms with Gasteiger partial charge in [-0.2, -0.15) is 5.10 Å². The van der Waals surface area contributed by atoms with Crippen LogP contribution in [-0.2, 0) is 4.79 Å². The first kappa shape index (κ1) is 20.2. The summed E-state index contributed by atoms with van der Waals surface area (Å²) in [6.45, 7) is 0. The molecule has 0 saturated heterocycles. The first-order valence-corrected chi connectivity index (χ1v) is 9.54. The minimum absolute atomic E-state index is 0.327. The summed E-state index contributed by atoms with van der Waals surface area (Å²) in [5, 5.41) is 3.97. The molecule has 0 aliphatic carbocycles. The van der Waals surface area contributed by atoms with Gasteiger partial charge in [-0.25, -0.2) is 10.2 Å². The van der Waals surface area contributed by atoms with Crippen molar-refractivity contribution in [2.75, 3.05) is 0 Å². The van der Waals surface area contributed by atoms with Gasteiger partial charge < -0.3 is 4.74 Å². The molecule has 0 atom stereocenters. The van der Waals surface area contributed by atoms with E-state index < -0.39 is 5.97 Å². The van der Waals surface area contributed by atoms with Crippen LogP contribution in [0.4, 0.5) is 0 Å². The Bertz CT molecular complexity index is 1050. The standard InChI is InChI=1S/C23H17BrN2O3/c24-20-12-13-21(29-22(27)14-11-17-7-3-1-4-8-17)19(15-20)16-25-26-23(28)18-9-5-2-6-10-18/h1-16H,(H,26,28)/b14-11+,25-16+. The largest absolute Gasteiger partial charge is 0.423 e. The normalized spacial score (nSPS) is 10.9. The maximum Gasteiger partial charge on any atom is 0.336 e. The number of hydrogen-bond donors (Lipinski definition) is 1. The van der Waals surface area contributed by atoms with E-state index in [0.717, 1.165) is 10.0 Å². The van der Waals surface area contributed by atoms with Gasteiger partial charge in [0.05, 0.1) is 6.21 Å². The molecule has 3 aromatic rings. The number of nitrogens with one attached hydrogen (secondary N) is 1. The molecule has 0 radical (unpaired) electrons. The Morgan fingerprint density at radius 2 is 1.62 bits per heavy atom. The van der Waals surface area contributed by atoms with Crippen molar-refractivity contribution in [1.29, 1.82) is 0 Å². The van der Waals surface area contributed by atoms with E-state index in [1.54, 1.807) is 48.5 Å². The minimum Gasteiger partial charge on any atom is -0.423 e. The molecular weight excluding hydrogens is 432 g/mol. The van der Waals surface area contributed by atoms with Gasteiger partial charge in [0.2, 0.25) is 0 Å². The average molecular weight is 449 g/mol. The summed E-state index contributed by atoms with van der Waals surface area (Å²) in [5.41, 5.74) is 4.38. The Kier molecular flexibility index (Phi) is 7.08. The number of nitrogens with zero attached hydrogens (tertiary/aromatic N) is 1. The highest BCUT2D eigenvalue weighted by atomic mass is 79.9. The molecule has 0 heterocycles. The van der Waals surface area contributed by atoms with E-state index in [2.05, 4.69) is 26.5 Å². The number of hydrogen-bond acceptors (Lipinski definition) is 4. The second kappa shape index (κ2) is 10.1. The fourth-order valence-corrected chi connectivity index (χ4v) is 2.78. The maximum absolute atomic E-state index is 12.2. The van der Waals surface area contributed by atoms with Gasteiger partial charge in [0, 0.05) is 21.7 Å². The van der Waals surface area contributed by atoms with E-state index in [-0.39, 0.29) is 5.91 Å². The Labute approximate surface area is 176 Å². The van der Waals surface area contributed by atoms with E-state index in [4.69, 9.17) is 4.74 Å². The van der Waals surface area contributed by atoms with Crippen LogP contribution >= 0.6 is 15.9 Å². The number of carbonyl (C=O) groups excluding carboxylic acids is 2. The van der Waals surface area contributed by atoms with Gasteiger partial charge in [0.15, 0.2) is 0 Å². The van der Waals surface area contributed by atoms with E-state index >= 15 is 0 Å². The van der Waals surface area contributed by atoms with Gasteiger partial charge in [-0.15, -0.1) is 0 Å². The lowest BCUT2D eigenvalue weighted by Crippen LogP contribution is -2.17. The lowest BCUT2D eigenvalue weighted by molar-refractivity contribution is -0.128. The van der Waals surface area contributed by atoms with Crippen LogP contribution < -0.4 is 10.2 Å². The molecule has 0 aliphatic rings. The highest BCUT2D eigenvalue weighted by molar-refractivity contribution is 9.10. The van der Waals surface area contributed by atoms with Crippen molar-refractivity contribution in [3.63, 3.8) is 0 Å². The van der Waals surface area contributed by atoms with Crippen molar-refractivity contribution in [2.45, 2.75) is 0 Å². The SMILES string of the molecule is O=C(/C=C/c1ccccc1)Oc1ccc(Br)cc1/C=N/NC(=O)c1ccccc1. The molecule has 1 N–H and O–H groups in total. The predicted octanol–water partition coefficient (Wildman–Crippen LogP) is 4.83. The Morgan fingerprint density at radius 1 is 0.931 bits per heavy atom. The molecular formula is C23H17BrN2O3. The number of carbonyl (C=O) groups is 2. The van der Waals surface area contributed by atoms with Crippen LogP contribution in [0.15, 0.2) is 94.5 Å². The minimum atomic E-state index is -0.515. The van der Waals surface area contributed by atoms with Crippen LogP contribution in [0.3, 0.4) is 0 Å². The summed E-state index contributed by atoms with van der Waals surface area (Å²) in [5.74, 6) is -0.519. The molecule has 0 unspecified atom stereocenters. The highest BCUT2D eigenvalue weighted by Gasteiger charge is 2.08. The molecule has 6 heteroatoms. The Hall–Kier alpha value is -3.51. The van der Waals surface area contributed by atoms with Crippen LogP contribution in [0.5, 0.6) is 5.75 Å². The van der Waals surface area contributed by atoms with Gasteiger partial charge in [-0.1, -0.05) is 64.5 Å². The summed E-state index contributed by atoms with van der Waals surface area (Å²) in [6.07, 6.45) is 4.46. The molecule has 3 aromatic carbocycles. The van der Waals surface area contributed by atoms with Crippen molar-refractivity contribution in [1.82, 2.24) is 5.43 Å². The van der Waals surface area contributed by atoms with Crippen molar-refractivity contribution < 1.29 is 14.3 Å². The second-order valence-corrected chi connectivity index (χ2v) is 6.83. The molecule has 5 nitrogen and oxygen atoms in total. The molecule has 0 fully saturated rings. The summed E-state index contributed by atoms with van der Waals surface area (Å²) < 4.78 is 6.20. The van der Waals surface area contributed by atoms with Crippen LogP contribution in [0.2, 0.25) is 0 Å². The van der Waals surface area contributed by atoms with E-state index in [1.165, 1.54) is 12.3 Å². The second-order valence-electron chi connectivity index (χ2n) is 5.91. The lowest BCUT2D eigenvalue weighted by Gasteiger charge is -2.06. The molecule has 144 valence electrons. The fourth-order valence-electron chi connectivity index (χ4n) is 2.40. The fraction of sp³-hybridized carbons (Fsp3) is 0. The molecule has 0 aliphatic heterocycles. The number of benzene rings is 3. The molecule has 3 rings (SSSR count). The van der Waals surface area contributed by atoms with Crippen LogP contribution in [-0.4, -0.2) is 18.1 Å². The number of ether oxygens (including phenoxy) is 1. The van der Waals surface area contributed by atoms with Gasteiger partial charge in [0.25, 0.3) is 5.91 Å². The number of esters is 1. The summed E-state index contributed by atoms with van der Waals surface area (Å²) in [7, 11) is 0. The van der Waals surface area contributed by atoms with E-state index in [0.29, 0.717) is 16.9 Å². The average Bonchev–Trinajstić information content (AvgIpc) is 2.75. The molecule has 0 spiro atoms.